The topological polar surface area (TPSA) is 33.2 Å². The molecular weight excluding hydrogens is 234 g/mol. The third-order valence-electron chi connectivity index (χ3n) is 2.38. The summed E-state index contributed by atoms with van der Waals surface area (Å²) in [6.07, 6.45) is 1.10. The Hall–Kier alpha value is -1.17. The van der Waals surface area contributed by atoms with E-state index in [0.29, 0.717) is 13.1 Å². The number of pyridine rings is 1. The lowest BCUT2D eigenvalue weighted by molar-refractivity contribution is 0.0766. The Morgan fingerprint density at radius 2 is 2.06 bits per heavy atom. The second-order valence-electron chi connectivity index (χ2n) is 3.37. The average Bonchev–Trinajstić information content (AvgIpc) is 2.33. The van der Waals surface area contributed by atoms with Crippen molar-refractivity contribution in [3.8, 4) is 0 Å². The molecule has 1 saturated heterocycles. The van der Waals surface area contributed by atoms with Crippen LogP contribution < -0.4 is 0 Å². The number of thioether (sulfide) groups is 1. The molecule has 0 radical (unpaired) electrons. The highest BCUT2D eigenvalue weighted by Gasteiger charge is 2.23. The normalized spacial score (nSPS) is 16.2. The lowest BCUT2D eigenvalue weighted by atomic mass is 10.2. The summed E-state index contributed by atoms with van der Waals surface area (Å²) in [5.74, 6) is -1.18. The van der Waals surface area contributed by atoms with Crippen molar-refractivity contribution in [3.05, 3.63) is 29.6 Å². The maximum Gasteiger partial charge on any atom is 0.257 e. The molecule has 1 aliphatic rings. The Kier molecular flexibility index (Phi) is 3.38. The minimum absolute atomic E-state index is 0.237. The molecule has 1 aromatic rings. The van der Waals surface area contributed by atoms with Gasteiger partial charge in [-0.3, -0.25) is 4.79 Å². The van der Waals surface area contributed by atoms with Gasteiger partial charge in [0.1, 0.15) is 0 Å². The number of carbonyl (C=O) groups excluding carboxylic acids is 1. The summed E-state index contributed by atoms with van der Waals surface area (Å²) in [4.78, 5) is 16.5. The fourth-order valence-electron chi connectivity index (χ4n) is 1.52. The fraction of sp³-hybridized carbons (Fsp3) is 0.400. The monoisotopic (exact) mass is 244 g/mol. The molecule has 3 nitrogen and oxygen atoms in total. The molecule has 1 fully saturated rings. The van der Waals surface area contributed by atoms with E-state index in [4.69, 9.17) is 0 Å². The van der Waals surface area contributed by atoms with E-state index in [0.717, 1.165) is 17.7 Å². The molecule has 16 heavy (non-hydrogen) atoms. The SMILES string of the molecule is O=C(c1ccnc(F)c1F)N1CCSCC1. The summed E-state index contributed by atoms with van der Waals surface area (Å²) in [6.45, 7) is 1.15. The average molecular weight is 244 g/mol. The lowest BCUT2D eigenvalue weighted by Crippen LogP contribution is -2.38. The number of nitrogens with zero attached hydrogens (tertiary/aromatic N) is 2. The summed E-state index contributed by atoms with van der Waals surface area (Å²) in [6, 6.07) is 1.21. The van der Waals surface area contributed by atoms with Gasteiger partial charge in [-0.05, 0) is 6.07 Å². The quantitative estimate of drug-likeness (QED) is 0.703. The van der Waals surface area contributed by atoms with Crippen molar-refractivity contribution in [2.24, 2.45) is 0 Å². The minimum Gasteiger partial charge on any atom is -0.337 e. The van der Waals surface area contributed by atoms with Gasteiger partial charge < -0.3 is 4.90 Å². The van der Waals surface area contributed by atoms with Crippen LogP contribution in [-0.4, -0.2) is 40.4 Å². The second-order valence-corrected chi connectivity index (χ2v) is 4.59. The second kappa shape index (κ2) is 4.78. The molecule has 1 aliphatic heterocycles. The molecule has 2 rings (SSSR count). The highest BCUT2D eigenvalue weighted by molar-refractivity contribution is 7.99. The third kappa shape index (κ3) is 2.16. The molecule has 0 N–H and O–H groups in total. The maximum atomic E-state index is 13.3. The molecule has 6 heteroatoms. The summed E-state index contributed by atoms with van der Waals surface area (Å²) in [7, 11) is 0. The molecule has 1 amide bonds. The summed E-state index contributed by atoms with van der Waals surface area (Å²) in [5, 5.41) is 0. The molecule has 1 aromatic heterocycles. The first-order chi connectivity index (χ1) is 7.70. The predicted octanol–water partition coefficient (Wildman–Crippen LogP) is 1.55. The Labute approximate surface area is 95.8 Å². The van der Waals surface area contributed by atoms with E-state index in [-0.39, 0.29) is 5.56 Å². The van der Waals surface area contributed by atoms with Crippen molar-refractivity contribution in [2.45, 2.75) is 0 Å². The van der Waals surface area contributed by atoms with Crippen molar-refractivity contribution in [1.82, 2.24) is 9.88 Å². The van der Waals surface area contributed by atoms with Crippen LogP contribution in [0, 0.1) is 11.8 Å². The van der Waals surface area contributed by atoms with Crippen molar-refractivity contribution in [2.75, 3.05) is 24.6 Å². The first kappa shape index (κ1) is 11.3. The van der Waals surface area contributed by atoms with E-state index in [1.54, 1.807) is 11.8 Å². The van der Waals surface area contributed by atoms with Crippen molar-refractivity contribution in [1.29, 1.82) is 0 Å². The number of hydrogen-bond donors (Lipinski definition) is 0. The van der Waals surface area contributed by atoms with Crippen molar-refractivity contribution in [3.63, 3.8) is 0 Å². The lowest BCUT2D eigenvalue weighted by Gasteiger charge is -2.26. The van der Waals surface area contributed by atoms with Gasteiger partial charge in [-0.1, -0.05) is 0 Å². The zero-order valence-electron chi connectivity index (χ0n) is 8.45. The fourth-order valence-corrected chi connectivity index (χ4v) is 2.42. The van der Waals surface area contributed by atoms with E-state index >= 15 is 0 Å². The molecule has 86 valence electrons. The van der Waals surface area contributed by atoms with Gasteiger partial charge in [0, 0.05) is 30.8 Å². The minimum atomic E-state index is -1.22. The van der Waals surface area contributed by atoms with E-state index in [2.05, 4.69) is 4.98 Å². The molecule has 0 unspecified atom stereocenters. The van der Waals surface area contributed by atoms with Crippen LogP contribution in [0.4, 0.5) is 8.78 Å². The van der Waals surface area contributed by atoms with E-state index in [9.17, 15) is 13.6 Å². The van der Waals surface area contributed by atoms with Gasteiger partial charge in [0.15, 0.2) is 5.82 Å². The van der Waals surface area contributed by atoms with Crippen molar-refractivity contribution >= 4 is 17.7 Å². The Balaban J connectivity index is 2.22. The maximum absolute atomic E-state index is 13.3. The van der Waals surface area contributed by atoms with E-state index < -0.39 is 17.7 Å². The van der Waals surface area contributed by atoms with Gasteiger partial charge in [-0.15, -0.1) is 0 Å². The Morgan fingerprint density at radius 1 is 1.38 bits per heavy atom. The van der Waals surface area contributed by atoms with Crippen LogP contribution in [0.25, 0.3) is 0 Å². The smallest absolute Gasteiger partial charge is 0.257 e. The number of carbonyl (C=O) groups is 1. The molecule has 0 spiro atoms. The molecule has 0 bridgehead atoms. The molecule has 0 saturated carbocycles. The van der Waals surface area contributed by atoms with Crippen LogP contribution in [0.3, 0.4) is 0 Å². The van der Waals surface area contributed by atoms with Gasteiger partial charge in [0.05, 0.1) is 5.56 Å². The van der Waals surface area contributed by atoms with Gasteiger partial charge in [-0.2, -0.15) is 16.2 Å². The summed E-state index contributed by atoms with van der Waals surface area (Å²) < 4.78 is 26.2. The predicted molar refractivity (Wildman–Crippen MR) is 57.4 cm³/mol. The highest BCUT2D eigenvalue weighted by Crippen LogP contribution is 2.15. The Bertz CT molecular complexity index is 408. The number of amides is 1. The largest absolute Gasteiger partial charge is 0.337 e. The van der Waals surface area contributed by atoms with E-state index in [1.807, 2.05) is 0 Å². The number of hydrogen-bond acceptors (Lipinski definition) is 3. The highest BCUT2D eigenvalue weighted by atomic mass is 32.2. The Morgan fingerprint density at radius 3 is 2.75 bits per heavy atom. The van der Waals surface area contributed by atoms with Gasteiger partial charge >= 0.3 is 0 Å². The molecule has 2 heterocycles. The van der Waals surface area contributed by atoms with Gasteiger partial charge in [-0.25, -0.2) is 9.37 Å². The van der Waals surface area contributed by atoms with Crippen LogP contribution in [0.15, 0.2) is 12.3 Å². The zero-order valence-corrected chi connectivity index (χ0v) is 9.27. The molecule has 0 atom stereocenters. The van der Waals surface area contributed by atoms with Gasteiger partial charge in [0.2, 0.25) is 5.95 Å². The third-order valence-corrected chi connectivity index (χ3v) is 3.32. The van der Waals surface area contributed by atoms with Crippen LogP contribution in [0.5, 0.6) is 0 Å². The van der Waals surface area contributed by atoms with Gasteiger partial charge in [0.25, 0.3) is 5.91 Å². The standard InChI is InChI=1S/C10H10F2N2OS/c11-8-7(1-2-13-9(8)12)10(15)14-3-5-16-6-4-14/h1-2H,3-6H2. The molecule has 0 aliphatic carbocycles. The summed E-state index contributed by atoms with van der Waals surface area (Å²) >= 11 is 1.74. The van der Waals surface area contributed by atoms with Crippen LogP contribution in [0.2, 0.25) is 0 Å². The number of aromatic nitrogens is 1. The molecular formula is C10H10F2N2OS. The number of halogens is 2. The van der Waals surface area contributed by atoms with Crippen LogP contribution in [0.1, 0.15) is 10.4 Å². The summed E-state index contributed by atoms with van der Waals surface area (Å²) in [5.41, 5.74) is -0.237. The van der Waals surface area contributed by atoms with E-state index in [1.165, 1.54) is 11.0 Å². The first-order valence-electron chi connectivity index (χ1n) is 4.87. The first-order valence-corrected chi connectivity index (χ1v) is 6.02. The van der Waals surface area contributed by atoms with Crippen LogP contribution in [-0.2, 0) is 0 Å². The molecule has 0 aromatic carbocycles. The zero-order chi connectivity index (χ0) is 11.5. The van der Waals surface area contributed by atoms with Crippen LogP contribution >= 0.6 is 11.8 Å². The number of rotatable bonds is 1. The van der Waals surface area contributed by atoms with Crippen molar-refractivity contribution < 1.29 is 13.6 Å².